The highest BCUT2D eigenvalue weighted by atomic mass is 16.2. The summed E-state index contributed by atoms with van der Waals surface area (Å²) in [5, 5.41) is 14.3. The highest BCUT2D eigenvalue weighted by molar-refractivity contribution is 5.96. The van der Waals surface area contributed by atoms with Crippen LogP contribution in [0.2, 0.25) is 0 Å². The van der Waals surface area contributed by atoms with Crippen LogP contribution in [-0.2, 0) is 9.59 Å². The van der Waals surface area contributed by atoms with Crippen LogP contribution in [0.15, 0.2) is 24.3 Å². The van der Waals surface area contributed by atoms with Gasteiger partial charge in [0.25, 0.3) is 0 Å². The Morgan fingerprint density at radius 3 is 1.92 bits per heavy atom. The lowest BCUT2D eigenvalue weighted by atomic mass is 9.49. The van der Waals surface area contributed by atoms with Crippen molar-refractivity contribution in [3.63, 3.8) is 0 Å². The first kappa shape index (κ1) is 16.1. The maximum atomic E-state index is 13.0. The fraction of sp³-hybridized carbons (Fsp3) is 0.550. The third kappa shape index (κ3) is 3.13. The lowest BCUT2D eigenvalue weighted by Gasteiger charge is -2.55. The van der Waals surface area contributed by atoms with Crippen LogP contribution in [0.3, 0.4) is 0 Å². The Morgan fingerprint density at radius 1 is 0.960 bits per heavy atom. The summed E-state index contributed by atoms with van der Waals surface area (Å²) in [6.07, 6.45) is 6.95. The van der Waals surface area contributed by atoms with Crippen molar-refractivity contribution >= 4 is 23.2 Å². The van der Waals surface area contributed by atoms with E-state index in [-0.39, 0.29) is 23.7 Å². The van der Waals surface area contributed by atoms with Crippen molar-refractivity contribution < 1.29 is 9.59 Å². The predicted octanol–water partition coefficient (Wildman–Crippen LogP) is 3.69. The first-order valence-corrected chi connectivity index (χ1v) is 9.15. The zero-order valence-electron chi connectivity index (χ0n) is 14.3. The lowest BCUT2D eigenvalue weighted by molar-refractivity contribution is -0.140. The van der Waals surface area contributed by atoms with E-state index in [0.717, 1.165) is 42.7 Å². The fourth-order valence-electron chi connectivity index (χ4n) is 5.57. The quantitative estimate of drug-likeness (QED) is 0.879. The van der Waals surface area contributed by atoms with E-state index in [2.05, 4.69) is 10.6 Å². The molecule has 0 unspecified atom stereocenters. The topological polar surface area (TPSA) is 82.0 Å². The minimum Gasteiger partial charge on any atom is -0.326 e. The first-order chi connectivity index (χ1) is 12.1. The minimum absolute atomic E-state index is 0.158. The van der Waals surface area contributed by atoms with Crippen molar-refractivity contribution in [2.75, 3.05) is 10.6 Å². The van der Waals surface area contributed by atoms with E-state index >= 15 is 0 Å². The largest absolute Gasteiger partial charge is 0.326 e. The first-order valence-electron chi connectivity index (χ1n) is 9.15. The van der Waals surface area contributed by atoms with E-state index in [0.29, 0.717) is 5.69 Å². The summed E-state index contributed by atoms with van der Waals surface area (Å²) in [7, 11) is 0. The molecule has 1 aromatic carbocycles. The number of rotatable bonds is 4. The number of nitrogens with zero attached hydrogens (tertiary/aromatic N) is 1. The second kappa shape index (κ2) is 6.18. The highest BCUT2D eigenvalue weighted by Crippen LogP contribution is 2.60. The number of hydrogen-bond acceptors (Lipinski definition) is 3. The molecule has 4 fully saturated rings. The summed E-state index contributed by atoms with van der Waals surface area (Å²) < 4.78 is 0. The number of carbonyl (C=O) groups excluding carboxylic acids is 2. The second-order valence-corrected chi connectivity index (χ2v) is 8.11. The van der Waals surface area contributed by atoms with Crippen LogP contribution >= 0.6 is 0 Å². The molecule has 0 aromatic heterocycles. The predicted molar refractivity (Wildman–Crippen MR) is 94.5 cm³/mol. The zero-order chi connectivity index (χ0) is 17.4. The standard InChI is InChI=1S/C20H23N3O2/c21-6-5-18(24)22-16-1-3-17(4-2-16)23-19(25)20-10-13-7-14(11-20)9-15(8-13)12-20/h1-4,13-15H,5,7-12H2,(H,22,24)(H,23,25). The van der Waals surface area contributed by atoms with Gasteiger partial charge in [0.15, 0.2) is 0 Å². The molecule has 0 spiro atoms. The van der Waals surface area contributed by atoms with Crippen molar-refractivity contribution in [1.82, 2.24) is 0 Å². The Labute approximate surface area is 147 Å². The van der Waals surface area contributed by atoms with Crippen LogP contribution in [0.5, 0.6) is 0 Å². The van der Waals surface area contributed by atoms with E-state index in [1.807, 2.05) is 6.07 Å². The average molecular weight is 337 g/mol. The van der Waals surface area contributed by atoms with Gasteiger partial charge >= 0.3 is 0 Å². The maximum Gasteiger partial charge on any atom is 0.238 e. The number of amides is 2. The van der Waals surface area contributed by atoms with Crippen molar-refractivity contribution in [3.05, 3.63) is 24.3 Å². The van der Waals surface area contributed by atoms with Gasteiger partial charge in [0.1, 0.15) is 6.42 Å². The minimum atomic E-state index is -0.326. The molecule has 4 bridgehead atoms. The van der Waals surface area contributed by atoms with E-state index < -0.39 is 0 Å². The molecule has 0 saturated heterocycles. The SMILES string of the molecule is N#CCC(=O)Nc1ccc(NC(=O)C23CC4CC(CC(C4)C2)C3)cc1. The Balaban J connectivity index is 1.41. The number of anilines is 2. The summed E-state index contributed by atoms with van der Waals surface area (Å²) in [6.45, 7) is 0. The Kier molecular flexibility index (Phi) is 3.99. The average Bonchev–Trinajstić information content (AvgIpc) is 2.55. The van der Waals surface area contributed by atoms with Gasteiger partial charge in [-0.3, -0.25) is 9.59 Å². The van der Waals surface area contributed by atoms with E-state index in [4.69, 9.17) is 5.26 Å². The number of hydrogen-bond donors (Lipinski definition) is 2. The van der Waals surface area contributed by atoms with E-state index in [1.165, 1.54) is 19.3 Å². The molecule has 0 radical (unpaired) electrons. The van der Waals surface area contributed by atoms with Gasteiger partial charge in [-0.15, -0.1) is 0 Å². The monoisotopic (exact) mass is 337 g/mol. The van der Waals surface area contributed by atoms with E-state index in [1.54, 1.807) is 24.3 Å². The summed E-state index contributed by atoms with van der Waals surface area (Å²) in [6, 6.07) is 8.94. The third-order valence-corrected chi connectivity index (χ3v) is 6.19. The summed E-state index contributed by atoms with van der Waals surface area (Å²) in [5.41, 5.74) is 1.24. The van der Waals surface area contributed by atoms with Crippen LogP contribution in [0.1, 0.15) is 44.9 Å². The Morgan fingerprint density at radius 2 is 1.44 bits per heavy atom. The number of nitriles is 1. The molecule has 2 amide bonds. The Bertz CT molecular complexity index is 697. The van der Waals surface area contributed by atoms with Crippen molar-refractivity contribution in [2.24, 2.45) is 23.2 Å². The van der Waals surface area contributed by atoms with Crippen molar-refractivity contribution in [3.8, 4) is 6.07 Å². The molecule has 4 saturated carbocycles. The molecule has 4 aliphatic carbocycles. The number of nitrogens with one attached hydrogen (secondary N) is 2. The molecule has 5 rings (SSSR count). The molecule has 25 heavy (non-hydrogen) atoms. The summed E-state index contributed by atoms with van der Waals surface area (Å²) >= 11 is 0. The second-order valence-electron chi connectivity index (χ2n) is 8.11. The van der Waals surface area contributed by atoms with Gasteiger partial charge in [-0.2, -0.15) is 5.26 Å². The molecule has 1 aromatic rings. The molecule has 5 nitrogen and oxygen atoms in total. The van der Waals surface area contributed by atoms with E-state index in [9.17, 15) is 9.59 Å². The third-order valence-electron chi connectivity index (χ3n) is 6.19. The molecule has 2 N–H and O–H groups in total. The molecule has 0 atom stereocenters. The van der Waals surface area contributed by atoms with Gasteiger partial charge in [-0.05, 0) is 80.5 Å². The zero-order valence-corrected chi connectivity index (χ0v) is 14.3. The highest BCUT2D eigenvalue weighted by Gasteiger charge is 2.54. The van der Waals surface area contributed by atoms with Crippen molar-refractivity contribution in [2.45, 2.75) is 44.9 Å². The lowest BCUT2D eigenvalue weighted by Crippen LogP contribution is -2.51. The van der Waals surface area contributed by atoms with Gasteiger partial charge in [0, 0.05) is 11.4 Å². The van der Waals surface area contributed by atoms with Gasteiger partial charge in [0.2, 0.25) is 11.8 Å². The molecule has 130 valence electrons. The molecule has 0 heterocycles. The van der Waals surface area contributed by atoms with Crippen LogP contribution in [0.25, 0.3) is 0 Å². The normalized spacial score (nSPS) is 32.0. The van der Waals surface area contributed by atoms with Crippen LogP contribution in [0, 0.1) is 34.5 Å². The molecule has 5 heteroatoms. The van der Waals surface area contributed by atoms with Crippen molar-refractivity contribution in [1.29, 1.82) is 5.26 Å². The fourth-order valence-corrected chi connectivity index (χ4v) is 5.57. The summed E-state index contributed by atoms with van der Waals surface area (Å²) in [5.74, 6) is 2.08. The van der Waals surface area contributed by atoms with Gasteiger partial charge < -0.3 is 10.6 Å². The van der Waals surface area contributed by atoms with Gasteiger partial charge in [-0.25, -0.2) is 0 Å². The molecular formula is C20H23N3O2. The van der Waals surface area contributed by atoms with Gasteiger partial charge in [0.05, 0.1) is 11.5 Å². The smallest absolute Gasteiger partial charge is 0.238 e. The number of carbonyl (C=O) groups is 2. The van der Waals surface area contributed by atoms with Gasteiger partial charge in [-0.1, -0.05) is 0 Å². The summed E-state index contributed by atoms with van der Waals surface area (Å²) in [4.78, 5) is 24.4. The molecule has 4 aliphatic rings. The molecule has 0 aliphatic heterocycles. The van der Waals surface area contributed by atoms with Crippen LogP contribution in [0.4, 0.5) is 11.4 Å². The number of benzene rings is 1. The van der Waals surface area contributed by atoms with Crippen LogP contribution in [-0.4, -0.2) is 11.8 Å². The Hall–Kier alpha value is -2.35. The molecular weight excluding hydrogens is 314 g/mol. The maximum absolute atomic E-state index is 13.0. The van der Waals surface area contributed by atoms with Crippen LogP contribution < -0.4 is 10.6 Å².